The Morgan fingerprint density at radius 2 is 2.10 bits per heavy atom. The third-order valence-electron chi connectivity index (χ3n) is 4.55. The van der Waals surface area contributed by atoms with E-state index in [0.717, 1.165) is 12.8 Å². The molecule has 3 aromatic rings. The normalized spacial score (nSPS) is 13.2. The molecule has 9 heteroatoms. The first-order valence-electron chi connectivity index (χ1n) is 9.48. The molecule has 0 unspecified atom stereocenters. The molecule has 0 radical (unpaired) electrons. The predicted octanol–water partition coefficient (Wildman–Crippen LogP) is 3.27. The van der Waals surface area contributed by atoms with Crippen LogP contribution in [0.3, 0.4) is 0 Å². The molecule has 0 spiro atoms. The quantitative estimate of drug-likeness (QED) is 0.319. The number of carbonyl (C=O) groups excluding carboxylic acids is 2. The number of fused-ring (bicyclic) bond motifs is 1. The van der Waals surface area contributed by atoms with Gasteiger partial charge in [-0.3, -0.25) is 19.0 Å². The van der Waals surface area contributed by atoms with E-state index in [9.17, 15) is 14.4 Å². The summed E-state index contributed by atoms with van der Waals surface area (Å²) in [6, 6.07) is 8.91. The molecule has 2 amide bonds. The van der Waals surface area contributed by atoms with Crippen molar-refractivity contribution in [3.8, 4) is 0 Å². The van der Waals surface area contributed by atoms with E-state index in [4.69, 9.17) is 0 Å². The molecule has 30 heavy (non-hydrogen) atoms. The summed E-state index contributed by atoms with van der Waals surface area (Å²) in [6.45, 7) is 4.01. The van der Waals surface area contributed by atoms with Gasteiger partial charge >= 0.3 is 0 Å². The van der Waals surface area contributed by atoms with Gasteiger partial charge in [0.05, 0.1) is 22.4 Å². The number of thiophene rings is 1. The number of benzene rings is 1. The highest BCUT2D eigenvalue weighted by Crippen LogP contribution is 2.23. The van der Waals surface area contributed by atoms with Crippen molar-refractivity contribution in [1.82, 2.24) is 14.9 Å². The van der Waals surface area contributed by atoms with Crippen molar-refractivity contribution in [2.75, 3.05) is 11.1 Å². The van der Waals surface area contributed by atoms with Crippen LogP contribution in [0.5, 0.6) is 0 Å². The summed E-state index contributed by atoms with van der Waals surface area (Å²) in [5.41, 5.74) is 0.752. The number of nitrogens with one attached hydrogen (secondary N) is 2. The van der Waals surface area contributed by atoms with Crippen molar-refractivity contribution < 1.29 is 9.59 Å². The maximum atomic E-state index is 12.7. The maximum absolute atomic E-state index is 12.7. The fourth-order valence-electron chi connectivity index (χ4n) is 2.93. The first-order chi connectivity index (χ1) is 14.6. The summed E-state index contributed by atoms with van der Waals surface area (Å²) in [5.74, 6) is -0.415. The number of thioether (sulfide) groups is 1. The predicted molar refractivity (Wildman–Crippen MR) is 120 cm³/mol. The Balaban J connectivity index is 1.48. The lowest BCUT2D eigenvalue weighted by atomic mass is 10.1. The summed E-state index contributed by atoms with van der Waals surface area (Å²) >= 11 is 2.57. The fraction of sp³-hybridized carbons (Fsp3) is 0.238. The topological polar surface area (TPSA) is 93.1 Å². The molecule has 1 aliphatic rings. The lowest BCUT2D eigenvalue weighted by Gasteiger charge is -2.12. The summed E-state index contributed by atoms with van der Waals surface area (Å²) in [7, 11) is 0. The van der Waals surface area contributed by atoms with Crippen molar-refractivity contribution in [3.05, 3.63) is 64.3 Å². The lowest BCUT2D eigenvalue weighted by Crippen LogP contribution is -2.27. The molecule has 0 bridgehead atoms. The Morgan fingerprint density at radius 3 is 2.87 bits per heavy atom. The molecule has 1 aliphatic carbocycles. The number of aromatic nitrogens is 2. The monoisotopic (exact) mass is 440 g/mol. The largest absolute Gasteiger partial charge is 0.349 e. The van der Waals surface area contributed by atoms with Gasteiger partial charge in [0.2, 0.25) is 5.91 Å². The molecule has 2 heterocycles. The molecule has 7 nitrogen and oxygen atoms in total. The Morgan fingerprint density at radius 1 is 1.30 bits per heavy atom. The highest BCUT2D eigenvalue weighted by Gasteiger charge is 2.25. The minimum atomic E-state index is -0.280. The van der Waals surface area contributed by atoms with Crippen LogP contribution in [-0.2, 0) is 11.3 Å². The number of hydrogen-bond donors (Lipinski definition) is 2. The number of hydrogen-bond acceptors (Lipinski definition) is 6. The van der Waals surface area contributed by atoms with Gasteiger partial charge < -0.3 is 10.6 Å². The molecule has 2 aromatic heterocycles. The van der Waals surface area contributed by atoms with Crippen molar-refractivity contribution >= 4 is 50.8 Å². The van der Waals surface area contributed by atoms with E-state index >= 15 is 0 Å². The molecule has 2 N–H and O–H groups in total. The standard InChI is InChI=1S/C21H20N4O3S2/c1-2-10-25-20(28)15-9-11-29-19(15)24-21(25)30-12-17(26)23-16-6-4-3-5-14(16)18(27)22-13-7-8-13/h2-6,9,11,13H,1,7-8,10,12H2,(H,22,27)(H,23,26). The fourth-order valence-corrected chi connectivity index (χ4v) is 4.54. The molecular formula is C21H20N4O3S2. The lowest BCUT2D eigenvalue weighted by molar-refractivity contribution is -0.113. The van der Waals surface area contributed by atoms with Gasteiger partial charge in [0.15, 0.2) is 5.16 Å². The van der Waals surface area contributed by atoms with E-state index in [0.29, 0.717) is 33.2 Å². The summed E-state index contributed by atoms with van der Waals surface area (Å²) < 4.78 is 1.51. The molecule has 1 aromatic carbocycles. The molecule has 154 valence electrons. The van der Waals surface area contributed by atoms with Gasteiger partial charge in [0.25, 0.3) is 11.5 Å². The summed E-state index contributed by atoms with van der Waals surface area (Å²) in [4.78, 5) is 42.8. The van der Waals surface area contributed by atoms with Gasteiger partial charge in [-0.15, -0.1) is 17.9 Å². The second-order valence-electron chi connectivity index (χ2n) is 6.87. The zero-order valence-electron chi connectivity index (χ0n) is 16.1. The minimum absolute atomic E-state index is 0.0546. The highest BCUT2D eigenvalue weighted by atomic mass is 32.2. The van der Waals surface area contributed by atoms with Crippen LogP contribution in [0.25, 0.3) is 10.2 Å². The number of amides is 2. The SMILES string of the molecule is C=CCn1c(SCC(=O)Nc2ccccc2C(=O)NC2CC2)nc2sccc2c1=O. The average Bonchev–Trinajstić information content (AvgIpc) is 3.42. The van der Waals surface area contributed by atoms with Gasteiger partial charge in [-0.1, -0.05) is 30.0 Å². The zero-order valence-corrected chi connectivity index (χ0v) is 17.7. The second-order valence-corrected chi connectivity index (χ2v) is 8.71. The third-order valence-corrected chi connectivity index (χ3v) is 6.33. The molecule has 0 aliphatic heterocycles. The van der Waals surface area contributed by atoms with E-state index in [2.05, 4.69) is 22.2 Å². The maximum Gasteiger partial charge on any atom is 0.263 e. The Kier molecular flexibility index (Phi) is 6.01. The third kappa shape index (κ3) is 4.47. The van der Waals surface area contributed by atoms with E-state index in [-0.39, 0.29) is 29.2 Å². The zero-order chi connectivity index (χ0) is 21.1. The van der Waals surface area contributed by atoms with Crippen molar-refractivity contribution in [2.24, 2.45) is 0 Å². The number of para-hydroxylation sites is 1. The van der Waals surface area contributed by atoms with Crippen LogP contribution in [0.15, 0.2) is 58.3 Å². The molecule has 0 atom stereocenters. The first kappa shape index (κ1) is 20.4. The van der Waals surface area contributed by atoms with Gasteiger partial charge in [-0.05, 0) is 36.4 Å². The van der Waals surface area contributed by atoms with E-state index in [1.807, 2.05) is 5.38 Å². The first-order valence-corrected chi connectivity index (χ1v) is 11.3. The van der Waals surface area contributed by atoms with E-state index in [1.54, 1.807) is 36.4 Å². The van der Waals surface area contributed by atoms with Gasteiger partial charge in [0, 0.05) is 12.6 Å². The number of anilines is 1. The van der Waals surface area contributed by atoms with Crippen LogP contribution in [-0.4, -0.2) is 33.2 Å². The van der Waals surface area contributed by atoms with Crippen molar-refractivity contribution in [2.45, 2.75) is 30.6 Å². The number of allylic oxidation sites excluding steroid dienone is 1. The molecule has 0 saturated heterocycles. The molecule has 1 fully saturated rings. The molecule has 4 rings (SSSR count). The highest BCUT2D eigenvalue weighted by molar-refractivity contribution is 7.99. The smallest absolute Gasteiger partial charge is 0.263 e. The van der Waals surface area contributed by atoms with Crippen LogP contribution in [0, 0.1) is 0 Å². The Hall–Kier alpha value is -2.91. The Labute approximate surface area is 181 Å². The van der Waals surface area contributed by atoms with Gasteiger partial charge in [0.1, 0.15) is 4.83 Å². The number of carbonyl (C=O) groups is 2. The summed E-state index contributed by atoms with van der Waals surface area (Å²) in [5, 5.41) is 8.58. The van der Waals surface area contributed by atoms with Crippen LogP contribution < -0.4 is 16.2 Å². The van der Waals surface area contributed by atoms with Gasteiger partial charge in [-0.25, -0.2) is 4.98 Å². The van der Waals surface area contributed by atoms with Crippen LogP contribution in [0.4, 0.5) is 5.69 Å². The number of nitrogens with zero attached hydrogens (tertiary/aromatic N) is 2. The van der Waals surface area contributed by atoms with Gasteiger partial charge in [-0.2, -0.15) is 0 Å². The molecule has 1 saturated carbocycles. The molecular weight excluding hydrogens is 420 g/mol. The number of rotatable bonds is 8. The van der Waals surface area contributed by atoms with E-state index in [1.165, 1.54) is 27.7 Å². The van der Waals surface area contributed by atoms with Crippen LogP contribution in [0.1, 0.15) is 23.2 Å². The second kappa shape index (κ2) is 8.85. The van der Waals surface area contributed by atoms with Crippen LogP contribution >= 0.6 is 23.1 Å². The average molecular weight is 441 g/mol. The van der Waals surface area contributed by atoms with Crippen molar-refractivity contribution in [1.29, 1.82) is 0 Å². The Bertz CT molecular complexity index is 1180. The minimum Gasteiger partial charge on any atom is -0.349 e. The van der Waals surface area contributed by atoms with E-state index < -0.39 is 0 Å². The summed E-state index contributed by atoms with van der Waals surface area (Å²) in [6.07, 6.45) is 3.61. The van der Waals surface area contributed by atoms with Crippen molar-refractivity contribution in [3.63, 3.8) is 0 Å². The van der Waals surface area contributed by atoms with Crippen LogP contribution in [0.2, 0.25) is 0 Å².